The normalized spacial score (nSPS) is 14.6. The molecule has 2 rings (SSSR count). The summed E-state index contributed by atoms with van der Waals surface area (Å²) in [7, 11) is 1.80. The molecule has 1 saturated heterocycles. The highest BCUT2D eigenvalue weighted by Gasteiger charge is 2.26. The van der Waals surface area contributed by atoms with E-state index in [4.69, 9.17) is 4.74 Å². The van der Waals surface area contributed by atoms with Gasteiger partial charge in [0.15, 0.2) is 0 Å². The lowest BCUT2D eigenvalue weighted by Gasteiger charge is -2.36. The molecule has 0 N–H and O–H groups in total. The molecule has 0 radical (unpaired) electrons. The number of amides is 3. The van der Waals surface area contributed by atoms with Crippen molar-refractivity contribution in [2.24, 2.45) is 0 Å². The average molecular weight is 305 g/mol. The lowest BCUT2D eigenvalue weighted by Crippen LogP contribution is -2.53. The molecule has 0 saturated carbocycles. The molecule has 1 aliphatic heterocycles. The molecule has 6 heteroatoms. The average Bonchev–Trinajstić information content (AvgIpc) is 2.55. The van der Waals surface area contributed by atoms with E-state index in [0.29, 0.717) is 39.3 Å². The summed E-state index contributed by atoms with van der Waals surface area (Å²) in [5.41, 5.74) is 1.10. The Morgan fingerprint density at radius 1 is 1.09 bits per heavy atom. The van der Waals surface area contributed by atoms with Crippen molar-refractivity contribution in [1.29, 1.82) is 0 Å². The van der Waals surface area contributed by atoms with E-state index in [-0.39, 0.29) is 12.1 Å². The van der Waals surface area contributed by atoms with Gasteiger partial charge in [-0.05, 0) is 12.5 Å². The molecule has 0 bridgehead atoms. The molecule has 6 nitrogen and oxygen atoms in total. The van der Waals surface area contributed by atoms with Crippen LogP contribution < -0.4 is 0 Å². The van der Waals surface area contributed by atoms with Gasteiger partial charge in [0.2, 0.25) is 0 Å². The van der Waals surface area contributed by atoms with E-state index in [1.165, 1.54) is 0 Å². The first kappa shape index (κ1) is 16.1. The largest absolute Gasteiger partial charge is 0.450 e. The third-order valence-corrected chi connectivity index (χ3v) is 3.67. The number of carbonyl (C=O) groups is 2. The van der Waals surface area contributed by atoms with Crippen LogP contribution in [0.3, 0.4) is 0 Å². The Morgan fingerprint density at radius 3 is 2.27 bits per heavy atom. The number of benzene rings is 1. The van der Waals surface area contributed by atoms with Gasteiger partial charge < -0.3 is 19.4 Å². The van der Waals surface area contributed by atoms with E-state index in [0.717, 1.165) is 5.56 Å². The summed E-state index contributed by atoms with van der Waals surface area (Å²) in [5.74, 6) is 0. The lowest BCUT2D eigenvalue weighted by atomic mass is 10.2. The third kappa shape index (κ3) is 4.13. The lowest BCUT2D eigenvalue weighted by molar-refractivity contribution is 0.0798. The van der Waals surface area contributed by atoms with Crippen molar-refractivity contribution < 1.29 is 14.3 Å². The molecule has 0 atom stereocenters. The van der Waals surface area contributed by atoms with Crippen LogP contribution in [-0.4, -0.2) is 66.7 Å². The standard InChI is InChI=1S/C16H23N3O3/c1-3-22-16(21)19-11-9-18(10-12-19)15(20)17(2)13-14-7-5-4-6-8-14/h4-8H,3,9-13H2,1-2H3. The minimum Gasteiger partial charge on any atom is -0.450 e. The molecule has 0 spiro atoms. The Bertz CT molecular complexity index is 499. The third-order valence-electron chi connectivity index (χ3n) is 3.67. The maximum Gasteiger partial charge on any atom is 0.409 e. The summed E-state index contributed by atoms with van der Waals surface area (Å²) in [4.78, 5) is 29.2. The van der Waals surface area contributed by atoms with E-state index in [9.17, 15) is 9.59 Å². The molecule has 1 heterocycles. The zero-order valence-electron chi connectivity index (χ0n) is 13.2. The minimum absolute atomic E-state index is 0.00707. The van der Waals surface area contributed by atoms with Crippen molar-refractivity contribution in [1.82, 2.24) is 14.7 Å². The summed E-state index contributed by atoms with van der Waals surface area (Å²) in [5, 5.41) is 0. The molecule has 120 valence electrons. The Balaban J connectivity index is 1.83. The molecule has 22 heavy (non-hydrogen) atoms. The highest BCUT2D eigenvalue weighted by Crippen LogP contribution is 2.09. The quantitative estimate of drug-likeness (QED) is 0.858. The minimum atomic E-state index is -0.299. The summed E-state index contributed by atoms with van der Waals surface area (Å²) < 4.78 is 4.98. The predicted molar refractivity (Wildman–Crippen MR) is 83.5 cm³/mol. The molecule has 0 aromatic heterocycles. The van der Waals surface area contributed by atoms with Crippen LogP contribution in [0, 0.1) is 0 Å². The van der Waals surface area contributed by atoms with E-state index < -0.39 is 0 Å². The van der Waals surface area contributed by atoms with Crippen molar-refractivity contribution in [2.75, 3.05) is 39.8 Å². The van der Waals surface area contributed by atoms with Crippen LogP contribution in [0.1, 0.15) is 12.5 Å². The number of ether oxygens (including phenoxy) is 1. The fraction of sp³-hybridized carbons (Fsp3) is 0.500. The first-order valence-corrected chi connectivity index (χ1v) is 7.57. The first-order chi connectivity index (χ1) is 10.6. The van der Waals surface area contributed by atoms with E-state index in [2.05, 4.69) is 0 Å². The molecule has 1 aliphatic rings. The maximum absolute atomic E-state index is 12.4. The highest BCUT2D eigenvalue weighted by molar-refractivity contribution is 5.75. The Morgan fingerprint density at radius 2 is 1.68 bits per heavy atom. The summed E-state index contributed by atoms with van der Waals surface area (Å²) in [6.45, 7) is 4.85. The molecular weight excluding hydrogens is 282 g/mol. The topological polar surface area (TPSA) is 53.1 Å². The first-order valence-electron chi connectivity index (χ1n) is 7.57. The van der Waals surface area contributed by atoms with E-state index >= 15 is 0 Å². The smallest absolute Gasteiger partial charge is 0.409 e. The summed E-state index contributed by atoms with van der Waals surface area (Å²) in [6, 6.07) is 9.88. The van der Waals surface area contributed by atoms with Gasteiger partial charge in [0, 0.05) is 39.8 Å². The number of piperazine rings is 1. The molecule has 3 amide bonds. The van der Waals surface area contributed by atoms with Gasteiger partial charge in [-0.15, -0.1) is 0 Å². The van der Waals surface area contributed by atoms with Crippen LogP contribution in [0.4, 0.5) is 9.59 Å². The SMILES string of the molecule is CCOC(=O)N1CCN(C(=O)N(C)Cc2ccccc2)CC1. The van der Waals surface area contributed by atoms with Gasteiger partial charge in [0.1, 0.15) is 0 Å². The van der Waals surface area contributed by atoms with Crippen LogP contribution in [0.2, 0.25) is 0 Å². The monoisotopic (exact) mass is 305 g/mol. The van der Waals surface area contributed by atoms with Gasteiger partial charge >= 0.3 is 12.1 Å². The van der Waals surface area contributed by atoms with Crippen molar-refractivity contribution in [3.63, 3.8) is 0 Å². The second-order valence-corrected chi connectivity index (χ2v) is 5.30. The number of urea groups is 1. The van der Waals surface area contributed by atoms with Gasteiger partial charge in [0.05, 0.1) is 6.61 Å². The maximum atomic E-state index is 12.4. The summed E-state index contributed by atoms with van der Waals surface area (Å²) in [6.07, 6.45) is -0.299. The van der Waals surface area contributed by atoms with Crippen LogP contribution >= 0.6 is 0 Å². The second kappa shape index (κ2) is 7.68. The number of hydrogen-bond donors (Lipinski definition) is 0. The van der Waals surface area contributed by atoms with Crippen molar-refractivity contribution in [3.05, 3.63) is 35.9 Å². The Hall–Kier alpha value is -2.24. The number of nitrogens with zero attached hydrogens (tertiary/aromatic N) is 3. The van der Waals surface area contributed by atoms with E-state index in [1.54, 1.807) is 28.7 Å². The van der Waals surface area contributed by atoms with Crippen LogP contribution in [0.25, 0.3) is 0 Å². The number of rotatable bonds is 3. The highest BCUT2D eigenvalue weighted by atomic mass is 16.6. The van der Waals surface area contributed by atoms with Crippen LogP contribution in [-0.2, 0) is 11.3 Å². The van der Waals surface area contributed by atoms with Gasteiger partial charge in [-0.2, -0.15) is 0 Å². The van der Waals surface area contributed by atoms with Crippen LogP contribution in [0.15, 0.2) is 30.3 Å². The van der Waals surface area contributed by atoms with Gasteiger partial charge in [0.25, 0.3) is 0 Å². The van der Waals surface area contributed by atoms with Crippen molar-refractivity contribution >= 4 is 12.1 Å². The molecule has 0 unspecified atom stereocenters. The van der Waals surface area contributed by atoms with Crippen molar-refractivity contribution in [3.8, 4) is 0 Å². The number of carbonyl (C=O) groups excluding carboxylic acids is 2. The second-order valence-electron chi connectivity index (χ2n) is 5.30. The predicted octanol–water partition coefficient (Wildman–Crippen LogP) is 2.01. The number of hydrogen-bond acceptors (Lipinski definition) is 3. The fourth-order valence-electron chi connectivity index (χ4n) is 2.46. The molecular formula is C16H23N3O3. The van der Waals surface area contributed by atoms with E-state index in [1.807, 2.05) is 30.3 Å². The van der Waals surface area contributed by atoms with Gasteiger partial charge in [-0.1, -0.05) is 30.3 Å². The molecule has 1 aromatic carbocycles. The van der Waals surface area contributed by atoms with Crippen LogP contribution in [0.5, 0.6) is 0 Å². The van der Waals surface area contributed by atoms with Crippen molar-refractivity contribution in [2.45, 2.75) is 13.5 Å². The zero-order chi connectivity index (χ0) is 15.9. The Kier molecular flexibility index (Phi) is 5.63. The molecule has 0 aliphatic carbocycles. The Labute approximate surface area is 131 Å². The summed E-state index contributed by atoms with van der Waals surface area (Å²) >= 11 is 0. The van der Waals surface area contributed by atoms with Gasteiger partial charge in [-0.3, -0.25) is 0 Å². The van der Waals surface area contributed by atoms with Gasteiger partial charge in [-0.25, -0.2) is 9.59 Å². The fourth-order valence-corrected chi connectivity index (χ4v) is 2.46. The zero-order valence-corrected chi connectivity index (χ0v) is 13.2. The molecule has 1 fully saturated rings. The molecule has 1 aromatic rings.